The molecule has 0 radical (unpaired) electrons. The van der Waals surface area contributed by atoms with Crippen LogP contribution in [0, 0.1) is 0 Å². The monoisotopic (exact) mass is 307 g/mol. The molecule has 1 heterocycles. The molecule has 23 heavy (non-hydrogen) atoms. The summed E-state index contributed by atoms with van der Waals surface area (Å²) < 4.78 is 5.38. The zero-order chi connectivity index (χ0) is 16.2. The Hall–Kier alpha value is -2.88. The minimum Gasteiger partial charge on any atom is -0.439 e. The van der Waals surface area contributed by atoms with Gasteiger partial charge in [0.2, 0.25) is 0 Å². The fraction of sp³-hybridized carbons (Fsp3) is 0.158. The minimum absolute atomic E-state index is 0.349. The molecule has 0 spiro atoms. The van der Waals surface area contributed by atoms with Gasteiger partial charge in [0, 0.05) is 6.08 Å². The van der Waals surface area contributed by atoms with Crippen LogP contribution in [0.2, 0.25) is 0 Å². The molecule has 3 rings (SSSR count). The number of hydrogen-bond donors (Lipinski definition) is 0. The topological polar surface area (TPSA) is 46.6 Å². The van der Waals surface area contributed by atoms with Crippen LogP contribution in [-0.2, 0) is 9.53 Å². The molecule has 1 aliphatic rings. The van der Waals surface area contributed by atoms with Crippen molar-refractivity contribution in [3.05, 3.63) is 77.9 Å². The second kappa shape index (κ2) is 6.48. The van der Waals surface area contributed by atoms with Crippen molar-refractivity contribution in [2.24, 2.45) is 0 Å². The van der Waals surface area contributed by atoms with Crippen molar-refractivity contribution < 1.29 is 14.3 Å². The first-order valence-electron chi connectivity index (χ1n) is 7.48. The number of imide groups is 1. The van der Waals surface area contributed by atoms with E-state index in [0.29, 0.717) is 0 Å². The maximum absolute atomic E-state index is 12.4. The van der Waals surface area contributed by atoms with Gasteiger partial charge in [0.1, 0.15) is 6.10 Å². The first-order chi connectivity index (χ1) is 11.2. The molecule has 0 saturated carbocycles. The molecule has 0 aromatic heterocycles. The smallest absolute Gasteiger partial charge is 0.417 e. The van der Waals surface area contributed by atoms with Gasteiger partial charge in [-0.15, -0.1) is 0 Å². The Labute approximate surface area is 135 Å². The summed E-state index contributed by atoms with van der Waals surface area (Å²) in [6.45, 7) is 1.82. The number of ether oxygens (including phenoxy) is 1. The van der Waals surface area contributed by atoms with E-state index in [4.69, 9.17) is 4.74 Å². The molecular formula is C19H17NO3. The van der Waals surface area contributed by atoms with Gasteiger partial charge < -0.3 is 4.74 Å². The Bertz CT molecular complexity index is 725. The van der Waals surface area contributed by atoms with Crippen LogP contribution in [-0.4, -0.2) is 22.9 Å². The highest BCUT2D eigenvalue weighted by molar-refractivity contribution is 6.02. The third-order valence-electron chi connectivity index (χ3n) is 3.85. The van der Waals surface area contributed by atoms with E-state index in [2.05, 4.69) is 0 Å². The van der Waals surface area contributed by atoms with Gasteiger partial charge in [-0.2, -0.15) is 0 Å². The maximum Gasteiger partial charge on any atom is 0.417 e. The summed E-state index contributed by atoms with van der Waals surface area (Å²) in [6.07, 6.45) is 2.06. The highest BCUT2D eigenvalue weighted by Crippen LogP contribution is 2.32. The van der Waals surface area contributed by atoms with E-state index < -0.39 is 12.2 Å². The van der Waals surface area contributed by atoms with Crippen molar-refractivity contribution in [1.82, 2.24) is 4.90 Å². The number of hydrogen-bond acceptors (Lipinski definition) is 3. The molecule has 2 aromatic carbocycles. The van der Waals surface area contributed by atoms with Crippen LogP contribution in [0.4, 0.5) is 4.79 Å². The number of cyclic esters (lactones) is 1. The SMILES string of the molecule is C[C@@H]1[C@H](c2ccccc2)OC(=O)N1C(=O)/C=C/c1ccccc1. The molecule has 116 valence electrons. The van der Waals surface area contributed by atoms with Crippen LogP contribution in [0.1, 0.15) is 24.2 Å². The van der Waals surface area contributed by atoms with E-state index >= 15 is 0 Å². The standard InChI is InChI=1S/C19H17NO3/c1-14-18(16-10-6-3-7-11-16)23-19(22)20(14)17(21)13-12-15-8-4-2-5-9-15/h2-14,18H,1H3/b13-12+/t14-,18-/m1/s1. The molecule has 2 amide bonds. The predicted octanol–water partition coefficient (Wildman–Crippen LogP) is 3.81. The van der Waals surface area contributed by atoms with Crippen molar-refractivity contribution in [2.75, 3.05) is 0 Å². The van der Waals surface area contributed by atoms with Crippen molar-refractivity contribution in [2.45, 2.75) is 19.1 Å². The second-order valence-electron chi connectivity index (χ2n) is 5.41. The quantitative estimate of drug-likeness (QED) is 0.810. The zero-order valence-electron chi connectivity index (χ0n) is 12.8. The van der Waals surface area contributed by atoms with Gasteiger partial charge >= 0.3 is 6.09 Å². The maximum atomic E-state index is 12.4. The molecule has 1 saturated heterocycles. The summed E-state index contributed by atoms with van der Waals surface area (Å²) in [4.78, 5) is 25.6. The number of benzene rings is 2. The lowest BCUT2D eigenvalue weighted by Crippen LogP contribution is -2.36. The van der Waals surface area contributed by atoms with E-state index in [0.717, 1.165) is 16.0 Å². The molecular weight excluding hydrogens is 290 g/mol. The molecule has 0 N–H and O–H groups in total. The average Bonchev–Trinajstić information content (AvgIpc) is 2.89. The molecule has 0 unspecified atom stereocenters. The Morgan fingerprint density at radius 2 is 1.65 bits per heavy atom. The van der Waals surface area contributed by atoms with Gasteiger partial charge in [0.05, 0.1) is 6.04 Å². The summed E-state index contributed by atoms with van der Waals surface area (Å²) in [7, 11) is 0. The molecule has 2 atom stereocenters. The lowest BCUT2D eigenvalue weighted by molar-refractivity contribution is -0.124. The van der Waals surface area contributed by atoms with Gasteiger partial charge in [-0.3, -0.25) is 4.79 Å². The summed E-state index contributed by atoms with van der Waals surface area (Å²) in [5, 5.41) is 0. The molecule has 1 fully saturated rings. The van der Waals surface area contributed by atoms with Crippen LogP contribution in [0.3, 0.4) is 0 Å². The lowest BCUT2D eigenvalue weighted by Gasteiger charge is -2.17. The minimum atomic E-state index is -0.603. The van der Waals surface area contributed by atoms with Crippen molar-refractivity contribution in [3.63, 3.8) is 0 Å². The summed E-state index contributed by atoms with van der Waals surface area (Å²) in [6, 6.07) is 18.6. The average molecular weight is 307 g/mol. The molecule has 4 nitrogen and oxygen atoms in total. The summed E-state index contributed by atoms with van der Waals surface area (Å²) >= 11 is 0. The van der Waals surface area contributed by atoms with Crippen LogP contribution in [0.15, 0.2) is 66.7 Å². The van der Waals surface area contributed by atoms with Crippen molar-refractivity contribution >= 4 is 18.1 Å². The fourth-order valence-electron chi connectivity index (χ4n) is 2.66. The number of carbonyl (C=O) groups is 2. The van der Waals surface area contributed by atoms with Gasteiger partial charge in [-0.1, -0.05) is 60.7 Å². The summed E-state index contributed by atoms with van der Waals surface area (Å²) in [5.74, 6) is -0.371. The number of amides is 2. The Morgan fingerprint density at radius 1 is 1.04 bits per heavy atom. The lowest BCUT2D eigenvalue weighted by atomic mass is 10.0. The van der Waals surface area contributed by atoms with Gasteiger partial charge in [0.25, 0.3) is 5.91 Å². The number of rotatable bonds is 3. The van der Waals surface area contributed by atoms with E-state index in [9.17, 15) is 9.59 Å². The highest BCUT2D eigenvalue weighted by Gasteiger charge is 2.42. The van der Waals surface area contributed by atoms with E-state index in [1.807, 2.05) is 67.6 Å². The van der Waals surface area contributed by atoms with Crippen LogP contribution < -0.4 is 0 Å². The van der Waals surface area contributed by atoms with Crippen LogP contribution in [0.25, 0.3) is 6.08 Å². The van der Waals surface area contributed by atoms with E-state index in [1.54, 1.807) is 6.08 Å². The fourth-order valence-corrected chi connectivity index (χ4v) is 2.66. The number of carbonyl (C=O) groups excluding carboxylic acids is 2. The molecule has 1 aliphatic heterocycles. The molecule has 0 bridgehead atoms. The van der Waals surface area contributed by atoms with Crippen molar-refractivity contribution in [3.8, 4) is 0 Å². The van der Waals surface area contributed by atoms with Gasteiger partial charge in [-0.25, -0.2) is 9.69 Å². The summed E-state index contributed by atoms with van der Waals surface area (Å²) in [5.41, 5.74) is 1.79. The Morgan fingerprint density at radius 3 is 2.30 bits per heavy atom. The third-order valence-corrected chi connectivity index (χ3v) is 3.85. The molecule has 2 aromatic rings. The number of nitrogens with zero attached hydrogens (tertiary/aromatic N) is 1. The van der Waals surface area contributed by atoms with Crippen molar-refractivity contribution in [1.29, 1.82) is 0 Å². The van der Waals surface area contributed by atoms with Crippen LogP contribution in [0.5, 0.6) is 0 Å². The zero-order valence-corrected chi connectivity index (χ0v) is 12.8. The predicted molar refractivity (Wildman–Crippen MR) is 87.4 cm³/mol. The third kappa shape index (κ3) is 3.16. The Kier molecular flexibility index (Phi) is 4.24. The van der Waals surface area contributed by atoms with E-state index in [1.165, 1.54) is 6.08 Å². The van der Waals surface area contributed by atoms with Gasteiger partial charge in [0.15, 0.2) is 0 Å². The Balaban J connectivity index is 1.76. The van der Waals surface area contributed by atoms with E-state index in [-0.39, 0.29) is 11.9 Å². The first-order valence-corrected chi connectivity index (χ1v) is 7.48. The first kappa shape index (κ1) is 15.0. The highest BCUT2D eigenvalue weighted by atomic mass is 16.6. The van der Waals surface area contributed by atoms with Crippen LogP contribution >= 0.6 is 0 Å². The molecule has 0 aliphatic carbocycles. The normalized spacial score (nSPS) is 20.7. The van der Waals surface area contributed by atoms with Gasteiger partial charge in [-0.05, 0) is 24.1 Å². The second-order valence-corrected chi connectivity index (χ2v) is 5.41. The molecule has 4 heteroatoms. The largest absolute Gasteiger partial charge is 0.439 e.